The third-order valence-electron chi connectivity index (χ3n) is 18.9. The summed E-state index contributed by atoms with van der Waals surface area (Å²) in [5.41, 5.74) is -3.18. The second-order valence-corrected chi connectivity index (χ2v) is 20.2. The lowest BCUT2D eigenvalue weighted by atomic mass is 9.45. The molecule has 4 bridgehead atoms. The second-order valence-electron chi connectivity index (χ2n) is 20.2. The van der Waals surface area contributed by atoms with Crippen LogP contribution in [0.25, 0.3) is 0 Å². The van der Waals surface area contributed by atoms with E-state index in [1.807, 2.05) is 13.0 Å². The van der Waals surface area contributed by atoms with Gasteiger partial charge in [0.2, 0.25) is 0 Å². The molecule has 0 aromatic carbocycles. The van der Waals surface area contributed by atoms with Crippen molar-refractivity contribution >= 4 is 5.78 Å². The summed E-state index contributed by atoms with van der Waals surface area (Å²) in [6.07, 6.45) is 10.6. The van der Waals surface area contributed by atoms with Gasteiger partial charge in [0.15, 0.2) is 11.6 Å². The normalized spacial score (nSPS) is 56.4. The van der Waals surface area contributed by atoms with E-state index in [0.717, 1.165) is 56.9 Å². The van der Waals surface area contributed by atoms with Crippen molar-refractivity contribution in [3.63, 3.8) is 0 Å². The number of carbonyl (C=O) groups is 1. The van der Waals surface area contributed by atoms with E-state index >= 15 is 0 Å². The summed E-state index contributed by atoms with van der Waals surface area (Å²) < 4.78 is 25.0. The second kappa shape index (κ2) is 11.1. The number of ether oxygens (including phenoxy) is 4. The van der Waals surface area contributed by atoms with Crippen LogP contribution >= 0.6 is 0 Å². The van der Waals surface area contributed by atoms with Gasteiger partial charge < -0.3 is 34.3 Å². The van der Waals surface area contributed by atoms with Crippen molar-refractivity contribution in [2.75, 3.05) is 26.4 Å². The summed E-state index contributed by atoms with van der Waals surface area (Å²) in [4.78, 5) is 13.7. The van der Waals surface area contributed by atoms with Crippen molar-refractivity contribution in [2.24, 2.45) is 61.6 Å². The highest BCUT2D eigenvalue weighted by Gasteiger charge is 2.90. The minimum atomic E-state index is -0.953. The number of ketones is 1. The summed E-state index contributed by atoms with van der Waals surface area (Å²) in [7, 11) is 0. The van der Waals surface area contributed by atoms with Crippen LogP contribution in [0.4, 0.5) is 0 Å². The van der Waals surface area contributed by atoms with Gasteiger partial charge in [-0.1, -0.05) is 67.2 Å². The summed E-state index contributed by atoms with van der Waals surface area (Å²) in [6.45, 7) is 29.8. The summed E-state index contributed by atoms with van der Waals surface area (Å²) in [6, 6.07) is 0. The zero-order chi connectivity index (χ0) is 37.8. The largest absolute Gasteiger partial charge is 0.392 e. The Hall–Kier alpha value is -1.39. The maximum atomic E-state index is 13.7. The molecule has 2 heterocycles. The molecule has 9 fully saturated rings. The molecule has 8 heteroatoms. The van der Waals surface area contributed by atoms with E-state index in [4.69, 9.17) is 18.9 Å². The zero-order valence-electron chi connectivity index (χ0n) is 33.0. The molecule has 3 unspecified atom stereocenters. The Kier molecular flexibility index (Phi) is 8.04. The number of fused-ring (bicyclic) bond motifs is 2. The molecule has 2 aliphatic heterocycles. The number of hydrogen-bond acceptors (Lipinski definition) is 8. The Morgan fingerprint density at radius 2 is 1.27 bits per heavy atom. The van der Waals surface area contributed by atoms with E-state index in [1.54, 1.807) is 6.08 Å². The Balaban J connectivity index is 0.000000149. The van der Waals surface area contributed by atoms with E-state index < -0.39 is 51.0 Å². The number of carbonyl (C=O) groups excluding carboxylic acids is 1. The van der Waals surface area contributed by atoms with Crippen LogP contribution in [0.15, 0.2) is 37.5 Å². The van der Waals surface area contributed by atoms with Gasteiger partial charge in [0.1, 0.15) is 5.78 Å². The molecule has 2 spiro atoms. The molecule has 8 nitrogen and oxygen atoms in total. The Morgan fingerprint density at radius 1 is 0.731 bits per heavy atom. The quantitative estimate of drug-likeness (QED) is 0.264. The summed E-state index contributed by atoms with van der Waals surface area (Å²) in [5.74, 6) is -0.429. The van der Waals surface area contributed by atoms with E-state index in [0.29, 0.717) is 38.8 Å². The van der Waals surface area contributed by atoms with Crippen molar-refractivity contribution in [3.05, 3.63) is 37.5 Å². The van der Waals surface area contributed by atoms with Gasteiger partial charge in [-0.25, -0.2) is 0 Å². The highest BCUT2D eigenvalue weighted by Crippen LogP contribution is 2.87. The van der Waals surface area contributed by atoms with Crippen molar-refractivity contribution in [2.45, 2.75) is 142 Å². The molecular weight excluding hydrogens is 656 g/mol. The number of Topliss-reactive ketones (excluding diaryl/α,β-unsaturated/α-hetero) is 1. The van der Waals surface area contributed by atoms with Gasteiger partial charge in [-0.3, -0.25) is 4.79 Å². The summed E-state index contributed by atoms with van der Waals surface area (Å²) in [5, 5.41) is 35.4. The molecule has 9 aliphatic rings. The van der Waals surface area contributed by atoms with E-state index in [2.05, 4.69) is 61.3 Å². The molecular formula is C44H66O8. The van der Waals surface area contributed by atoms with Crippen molar-refractivity contribution in [3.8, 4) is 0 Å². The average Bonchev–Trinajstić information content (AvgIpc) is 3.96. The minimum Gasteiger partial charge on any atom is -0.392 e. The van der Waals surface area contributed by atoms with Crippen molar-refractivity contribution in [1.29, 1.82) is 0 Å². The van der Waals surface area contributed by atoms with Crippen molar-refractivity contribution in [1.82, 2.24) is 0 Å². The lowest BCUT2D eigenvalue weighted by Crippen LogP contribution is -2.62. The smallest absolute Gasteiger partial charge is 0.173 e. The molecule has 290 valence electrons. The molecule has 7 saturated carbocycles. The molecule has 52 heavy (non-hydrogen) atoms. The van der Waals surface area contributed by atoms with Gasteiger partial charge in [-0.05, 0) is 67.8 Å². The maximum absolute atomic E-state index is 13.7. The molecule has 14 atom stereocenters. The van der Waals surface area contributed by atoms with Gasteiger partial charge >= 0.3 is 0 Å². The lowest BCUT2D eigenvalue weighted by molar-refractivity contribution is -0.246. The highest BCUT2D eigenvalue weighted by molar-refractivity contribution is 5.87. The third kappa shape index (κ3) is 3.88. The fourth-order valence-electron chi connectivity index (χ4n) is 15.7. The number of aliphatic hydroxyl groups is 3. The molecule has 3 N–H and O–H groups in total. The van der Waals surface area contributed by atoms with Crippen LogP contribution in [0.1, 0.15) is 113 Å². The molecule has 9 rings (SSSR count). The predicted molar refractivity (Wildman–Crippen MR) is 198 cm³/mol. The third-order valence-corrected chi connectivity index (χ3v) is 18.9. The first-order valence-corrected chi connectivity index (χ1v) is 20.4. The van der Waals surface area contributed by atoms with Gasteiger partial charge in [0.25, 0.3) is 0 Å². The lowest BCUT2D eigenvalue weighted by Gasteiger charge is -2.59. The van der Waals surface area contributed by atoms with E-state index in [1.165, 1.54) is 0 Å². The van der Waals surface area contributed by atoms with Crippen molar-refractivity contribution < 1.29 is 39.1 Å². The first kappa shape index (κ1) is 37.5. The number of rotatable bonds is 2. The molecule has 7 aliphatic carbocycles. The molecule has 2 saturated heterocycles. The van der Waals surface area contributed by atoms with Crippen LogP contribution in [0, 0.1) is 61.6 Å². The molecule has 0 aromatic heterocycles. The van der Waals surface area contributed by atoms with E-state index in [-0.39, 0.29) is 46.2 Å². The number of aliphatic hydroxyl groups excluding tert-OH is 2. The van der Waals surface area contributed by atoms with Crippen LogP contribution < -0.4 is 0 Å². The van der Waals surface area contributed by atoms with Gasteiger partial charge in [-0.2, -0.15) is 0 Å². The van der Waals surface area contributed by atoms with Crippen LogP contribution in [-0.4, -0.2) is 76.9 Å². The first-order valence-electron chi connectivity index (χ1n) is 20.4. The Morgan fingerprint density at radius 3 is 1.85 bits per heavy atom. The number of hydrogen-bond donors (Lipinski definition) is 3. The first-order chi connectivity index (χ1) is 24.2. The topological polar surface area (TPSA) is 115 Å². The molecule has 0 aromatic rings. The predicted octanol–water partition coefficient (Wildman–Crippen LogP) is 6.91. The van der Waals surface area contributed by atoms with Gasteiger partial charge in [-0.15, -0.1) is 13.2 Å². The SMILES string of the molecule is C=C[C@@]1(C)CC(=O)[C@@]2(C)C3C4(CC[C@@]3(CC[C@H]2C)C(=C)[C@@H]1O)OCCO4.C=C[C@@]1(C)CC2(O)[C@@]3(C)C4C5(CC[C@@]4(CC[C@H]3C)[C@@]2(C)[C@@H]1O)OCCO5. The highest BCUT2D eigenvalue weighted by atomic mass is 16.7. The fourth-order valence-corrected chi connectivity index (χ4v) is 15.7. The Bertz CT molecular complexity index is 1560. The monoisotopic (exact) mass is 722 g/mol. The zero-order valence-corrected chi connectivity index (χ0v) is 33.0. The molecule has 0 amide bonds. The van der Waals surface area contributed by atoms with Crippen LogP contribution in [-0.2, 0) is 23.7 Å². The minimum absolute atomic E-state index is 0.0854. The fraction of sp³-hybridized carbons (Fsp3) is 0.841. The van der Waals surface area contributed by atoms with Crippen LogP contribution in [0.3, 0.4) is 0 Å². The van der Waals surface area contributed by atoms with Crippen LogP contribution in [0.5, 0.6) is 0 Å². The van der Waals surface area contributed by atoms with Crippen LogP contribution in [0.2, 0.25) is 0 Å². The molecule has 0 radical (unpaired) electrons. The van der Waals surface area contributed by atoms with E-state index in [9.17, 15) is 20.1 Å². The van der Waals surface area contributed by atoms with Gasteiger partial charge in [0.05, 0.1) is 44.2 Å². The Labute approximate surface area is 311 Å². The average molecular weight is 723 g/mol. The standard InChI is InChI=1S/C22H34O4.C22H32O4/c1-6-17(3)13-22(24)18(4)14(2)7-8-20(19(22,5)16(17)23)9-10-21(15(18)20)25-11-12-26-21;1-6-19(4)13-16(23)20(5)14(2)7-8-21(15(3)17(19)24)9-10-22(18(20)21)25-11-12-26-22/h6,14-16,23-24H,1,7-13H2,2-5H3;6,14,17-18,24H,1,3,7-13H2,2,4-5H3/t14-,15?,16-,17+,18-,19-,20-,22?;14-,17+,18?,19+,20+,21+/m11/s1. The maximum Gasteiger partial charge on any atom is 0.173 e. The summed E-state index contributed by atoms with van der Waals surface area (Å²) >= 11 is 0. The van der Waals surface area contributed by atoms with Gasteiger partial charge in [0, 0.05) is 63.6 Å².